The van der Waals surface area contributed by atoms with Crippen LogP contribution in [0.25, 0.3) is 0 Å². The van der Waals surface area contributed by atoms with E-state index in [-0.39, 0.29) is 18.7 Å². The molecular formula is C18H25BN2O6. The fraction of sp³-hybridized carbons (Fsp3) is 0.500. The number of benzene rings is 1. The fourth-order valence-electron chi connectivity index (χ4n) is 2.60. The summed E-state index contributed by atoms with van der Waals surface area (Å²) >= 11 is 0. The number of hydrogen-bond acceptors (Lipinski definition) is 5. The van der Waals surface area contributed by atoms with Gasteiger partial charge in [0.25, 0.3) is 0 Å². The van der Waals surface area contributed by atoms with E-state index in [0.717, 1.165) is 5.46 Å². The van der Waals surface area contributed by atoms with Crippen LogP contribution in [0.2, 0.25) is 0 Å². The van der Waals surface area contributed by atoms with Crippen LogP contribution in [0.3, 0.4) is 0 Å². The molecule has 1 saturated heterocycles. The number of hydrogen-bond donors (Lipinski definition) is 3. The number of nitrogens with one attached hydrogen (secondary N) is 2. The summed E-state index contributed by atoms with van der Waals surface area (Å²) in [6, 6.07) is 6.03. The lowest BCUT2D eigenvalue weighted by Crippen LogP contribution is -2.41. The molecule has 1 heterocycles. The van der Waals surface area contributed by atoms with E-state index in [1.165, 1.54) is 0 Å². The average Bonchev–Trinajstić information content (AvgIpc) is 2.79. The largest absolute Gasteiger partial charge is 0.494 e. The number of amides is 2. The number of rotatable bonds is 8. The number of anilines is 1. The minimum Gasteiger partial charge on any atom is -0.480 e. The molecule has 1 aromatic carbocycles. The lowest BCUT2D eigenvalue weighted by molar-refractivity contribution is -0.140. The summed E-state index contributed by atoms with van der Waals surface area (Å²) in [6.07, 6.45) is 0.264. The predicted octanol–water partition coefficient (Wildman–Crippen LogP) is 0.904. The molecule has 2 rings (SSSR count). The van der Waals surface area contributed by atoms with E-state index < -0.39 is 30.3 Å². The summed E-state index contributed by atoms with van der Waals surface area (Å²) < 4.78 is 12.0. The Morgan fingerprint density at radius 3 is 2.41 bits per heavy atom. The van der Waals surface area contributed by atoms with E-state index in [0.29, 0.717) is 12.1 Å². The molecule has 0 saturated carbocycles. The van der Waals surface area contributed by atoms with Crippen molar-refractivity contribution >= 4 is 36.6 Å². The van der Waals surface area contributed by atoms with Crippen molar-refractivity contribution < 1.29 is 28.8 Å². The Hall–Kier alpha value is -2.39. The van der Waals surface area contributed by atoms with Crippen molar-refractivity contribution in [2.45, 2.75) is 57.8 Å². The zero-order valence-corrected chi connectivity index (χ0v) is 15.9. The zero-order valence-electron chi connectivity index (χ0n) is 15.9. The minimum absolute atomic E-state index is 0.00315. The van der Waals surface area contributed by atoms with Gasteiger partial charge in [-0.3, -0.25) is 9.59 Å². The maximum atomic E-state index is 12.1. The van der Waals surface area contributed by atoms with Gasteiger partial charge < -0.3 is 25.0 Å². The van der Waals surface area contributed by atoms with Crippen molar-refractivity contribution in [2.75, 3.05) is 5.32 Å². The van der Waals surface area contributed by atoms with Crippen LogP contribution in [0.5, 0.6) is 0 Å². The quantitative estimate of drug-likeness (QED) is 0.459. The van der Waals surface area contributed by atoms with Gasteiger partial charge in [0.15, 0.2) is 0 Å². The Labute approximate surface area is 158 Å². The third-order valence-electron chi connectivity index (χ3n) is 4.92. The molecule has 0 aromatic heterocycles. The van der Waals surface area contributed by atoms with Gasteiger partial charge in [-0.15, -0.1) is 0 Å². The molecule has 1 fully saturated rings. The van der Waals surface area contributed by atoms with Gasteiger partial charge in [-0.05, 0) is 51.7 Å². The highest BCUT2D eigenvalue weighted by Crippen LogP contribution is 2.36. The van der Waals surface area contributed by atoms with Gasteiger partial charge in [0.2, 0.25) is 12.3 Å². The molecule has 9 heteroatoms. The van der Waals surface area contributed by atoms with E-state index in [2.05, 4.69) is 10.6 Å². The fourth-order valence-corrected chi connectivity index (χ4v) is 2.60. The van der Waals surface area contributed by atoms with E-state index in [1.807, 2.05) is 33.8 Å². The lowest BCUT2D eigenvalue weighted by atomic mass is 9.79. The highest BCUT2D eigenvalue weighted by Gasteiger charge is 2.51. The Balaban J connectivity index is 1.99. The molecule has 3 N–H and O–H groups in total. The van der Waals surface area contributed by atoms with Gasteiger partial charge in [0.05, 0.1) is 11.2 Å². The van der Waals surface area contributed by atoms with Gasteiger partial charge in [0, 0.05) is 12.1 Å². The SMILES string of the molecule is CC1(C)OB(c2cccc(NC(=O)CC[C@H](NC=O)C(=O)O)c2)OC1(C)C. The minimum atomic E-state index is -1.18. The second-order valence-electron chi connectivity index (χ2n) is 7.48. The number of aliphatic carboxylic acids is 1. The Kier molecular flexibility index (Phi) is 6.28. The molecule has 146 valence electrons. The second-order valence-corrected chi connectivity index (χ2v) is 7.48. The van der Waals surface area contributed by atoms with Gasteiger partial charge in [-0.25, -0.2) is 4.79 Å². The molecule has 1 aliphatic rings. The summed E-state index contributed by atoms with van der Waals surface area (Å²) in [6.45, 7) is 7.85. The first-order valence-electron chi connectivity index (χ1n) is 8.74. The van der Waals surface area contributed by atoms with Crippen LogP contribution in [-0.4, -0.2) is 47.8 Å². The third kappa shape index (κ3) is 5.08. The summed E-state index contributed by atoms with van der Waals surface area (Å²) in [5.74, 6) is -1.53. The van der Waals surface area contributed by atoms with Gasteiger partial charge >= 0.3 is 13.1 Å². The molecule has 0 spiro atoms. The van der Waals surface area contributed by atoms with Crippen LogP contribution < -0.4 is 16.1 Å². The molecular weight excluding hydrogens is 351 g/mol. The molecule has 0 aliphatic carbocycles. The summed E-state index contributed by atoms with van der Waals surface area (Å²) in [7, 11) is -0.542. The Bertz CT molecular complexity index is 706. The van der Waals surface area contributed by atoms with Crippen molar-refractivity contribution in [3.05, 3.63) is 24.3 Å². The van der Waals surface area contributed by atoms with Gasteiger partial charge in [-0.2, -0.15) is 0 Å². The standard InChI is InChI=1S/C18H25BN2O6/c1-17(2)18(3,4)27-19(26-17)12-6-5-7-13(10-12)21-15(23)9-8-14(16(24)25)20-11-22/h5-7,10-11,14H,8-9H2,1-4H3,(H,20,22)(H,21,23)(H,24,25)/t14-/m0/s1. The smallest absolute Gasteiger partial charge is 0.480 e. The Morgan fingerprint density at radius 1 is 1.22 bits per heavy atom. The van der Waals surface area contributed by atoms with E-state index in [9.17, 15) is 14.4 Å². The average molecular weight is 376 g/mol. The van der Waals surface area contributed by atoms with E-state index >= 15 is 0 Å². The molecule has 0 bridgehead atoms. The zero-order chi connectivity index (χ0) is 20.2. The van der Waals surface area contributed by atoms with E-state index in [4.69, 9.17) is 14.4 Å². The number of carboxylic acid groups (broad SMARTS) is 1. The van der Waals surface area contributed by atoms with Crippen LogP contribution in [0.15, 0.2) is 24.3 Å². The highest BCUT2D eigenvalue weighted by molar-refractivity contribution is 6.62. The normalized spacial score (nSPS) is 18.6. The molecule has 8 nitrogen and oxygen atoms in total. The monoisotopic (exact) mass is 376 g/mol. The van der Waals surface area contributed by atoms with Crippen molar-refractivity contribution in [1.29, 1.82) is 0 Å². The molecule has 1 atom stereocenters. The van der Waals surface area contributed by atoms with Gasteiger partial charge in [-0.1, -0.05) is 12.1 Å². The van der Waals surface area contributed by atoms with Crippen molar-refractivity contribution in [2.24, 2.45) is 0 Å². The van der Waals surface area contributed by atoms with Crippen molar-refractivity contribution in [3.8, 4) is 0 Å². The molecule has 1 aromatic rings. The Morgan fingerprint density at radius 2 is 1.85 bits per heavy atom. The second kappa shape index (κ2) is 8.10. The summed E-state index contributed by atoms with van der Waals surface area (Å²) in [4.78, 5) is 33.5. The van der Waals surface area contributed by atoms with Crippen LogP contribution in [0, 0.1) is 0 Å². The number of carbonyl (C=O) groups excluding carboxylic acids is 2. The van der Waals surface area contributed by atoms with Gasteiger partial charge in [0.1, 0.15) is 6.04 Å². The first-order chi connectivity index (χ1) is 12.6. The first kappa shape index (κ1) is 20.9. The maximum Gasteiger partial charge on any atom is 0.494 e. The lowest BCUT2D eigenvalue weighted by Gasteiger charge is -2.32. The number of carboxylic acids is 1. The summed E-state index contributed by atoms with van der Waals surface area (Å²) in [5, 5.41) is 13.9. The first-order valence-corrected chi connectivity index (χ1v) is 8.74. The molecule has 2 amide bonds. The van der Waals surface area contributed by atoms with E-state index in [1.54, 1.807) is 18.2 Å². The van der Waals surface area contributed by atoms with Crippen molar-refractivity contribution in [3.63, 3.8) is 0 Å². The van der Waals surface area contributed by atoms with Crippen LogP contribution in [0.1, 0.15) is 40.5 Å². The van der Waals surface area contributed by atoms with Crippen molar-refractivity contribution in [1.82, 2.24) is 5.32 Å². The molecule has 27 heavy (non-hydrogen) atoms. The van der Waals surface area contributed by atoms with Crippen LogP contribution in [0.4, 0.5) is 5.69 Å². The third-order valence-corrected chi connectivity index (χ3v) is 4.92. The molecule has 0 radical (unpaired) electrons. The maximum absolute atomic E-state index is 12.1. The molecule has 0 unspecified atom stereocenters. The van der Waals surface area contributed by atoms with Crippen LogP contribution >= 0.6 is 0 Å². The summed E-state index contributed by atoms with van der Waals surface area (Å²) in [5.41, 5.74) is 0.405. The molecule has 1 aliphatic heterocycles. The predicted molar refractivity (Wildman–Crippen MR) is 101 cm³/mol. The topological polar surface area (TPSA) is 114 Å². The van der Waals surface area contributed by atoms with Crippen LogP contribution in [-0.2, 0) is 23.7 Å². The highest BCUT2D eigenvalue weighted by atomic mass is 16.7. The number of carbonyl (C=O) groups is 3.